The summed E-state index contributed by atoms with van der Waals surface area (Å²) in [5, 5.41) is 4.63. The topological polar surface area (TPSA) is 29.4 Å². The highest BCUT2D eigenvalue weighted by Crippen LogP contribution is 2.34. The van der Waals surface area contributed by atoms with Crippen molar-refractivity contribution in [1.29, 1.82) is 0 Å². The van der Waals surface area contributed by atoms with Crippen LogP contribution in [-0.2, 0) is 6.54 Å². The van der Waals surface area contributed by atoms with Crippen LogP contribution in [-0.4, -0.2) is 28.2 Å². The summed E-state index contributed by atoms with van der Waals surface area (Å²) in [5.41, 5.74) is 3.20. The van der Waals surface area contributed by atoms with Gasteiger partial charge in [0.1, 0.15) is 5.75 Å². The molecule has 3 aromatic rings. The number of para-hydroxylation sites is 1. The summed E-state index contributed by atoms with van der Waals surface area (Å²) in [5.74, 6) is 0.841. The second-order valence-corrected chi connectivity index (χ2v) is 7.20. The molecule has 6 heteroatoms. The molecule has 0 aliphatic carbocycles. The van der Waals surface area contributed by atoms with Gasteiger partial charge >= 0.3 is 0 Å². The molecule has 0 fully saturated rings. The summed E-state index contributed by atoms with van der Waals surface area (Å²) < 4.78 is 7.59. The Balaban J connectivity index is 1.67. The molecule has 0 saturated carbocycles. The van der Waals surface area contributed by atoms with E-state index in [1.165, 1.54) is 11.3 Å². The van der Waals surface area contributed by atoms with Crippen LogP contribution in [0.3, 0.4) is 0 Å². The lowest BCUT2D eigenvalue weighted by molar-refractivity contribution is 0.293. The molecule has 1 atom stereocenters. The number of benzene rings is 2. The van der Waals surface area contributed by atoms with Gasteiger partial charge in [-0.1, -0.05) is 35.9 Å². The Morgan fingerprint density at radius 3 is 2.59 bits per heavy atom. The average Bonchev–Trinajstić information content (AvgIpc) is 3.18. The van der Waals surface area contributed by atoms with E-state index in [0.29, 0.717) is 10.1 Å². The van der Waals surface area contributed by atoms with Crippen molar-refractivity contribution in [2.45, 2.75) is 12.6 Å². The smallest absolute Gasteiger partial charge is 0.174 e. The van der Waals surface area contributed by atoms with Gasteiger partial charge in [0.15, 0.2) is 5.11 Å². The van der Waals surface area contributed by atoms with E-state index in [1.54, 1.807) is 7.11 Å². The van der Waals surface area contributed by atoms with Gasteiger partial charge in [-0.2, -0.15) is 0 Å². The van der Waals surface area contributed by atoms with Crippen LogP contribution in [0.2, 0.25) is 5.02 Å². The number of ether oxygens (including phenoxy) is 1. The molecule has 0 amide bonds. The third-order valence-corrected chi connectivity index (χ3v) is 5.51. The van der Waals surface area contributed by atoms with E-state index in [0.717, 1.165) is 24.5 Å². The first kappa shape index (κ1) is 17.9. The van der Waals surface area contributed by atoms with E-state index in [1.807, 2.05) is 36.4 Å². The number of anilines is 1. The van der Waals surface area contributed by atoms with Gasteiger partial charge < -0.3 is 19.5 Å². The maximum absolute atomic E-state index is 6.30. The molecule has 0 spiro atoms. The number of hydrogen-bond acceptors (Lipinski definition) is 2. The Hall–Kier alpha value is -2.50. The minimum atomic E-state index is 0.0298. The van der Waals surface area contributed by atoms with Gasteiger partial charge in [-0.25, -0.2) is 0 Å². The van der Waals surface area contributed by atoms with E-state index in [4.69, 9.17) is 28.6 Å². The monoisotopic (exact) mass is 397 g/mol. The van der Waals surface area contributed by atoms with Crippen molar-refractivity contribution in [3.8, 4) is 5.75 Å². The summed E-state index contributed by atoms with van der Waals surface area (Å²) in [6.07, 6.45) is 2.12. The number of nitrogens with one attached hydrogen (secondary N) is 1. The van der Waals surface area contributed by atoms with Gasteiger partial charge in [0.05, 0.1) is 23.9 Å². The average molecular weight is 398 g/mol. The number of aromatic nitrogens is 1. The van der Waals surface area contributed by atoms with Gasteiger partial charge in [-0.3, -0.25) is 0 Å². The second kappa shape index (κ2) is 7.62. The first-order valence-corrected chi connectivity index (χ1v) is 9.57. The molecular weight excluding hydrogens is 378 g/mol. The molecule has 0 radical (unpaired) electrons. The van der Waals surface area contributed by atoms with Gasteiger partial charge in [0.25, 0.3) is 0 Å². The SMILES string of the molecule is COc1ccc(C2c3cccn3CCN2C(=S)Nc2ccccc2Cl)cc1. The van der Waals surface area contributed by atoms with Crippen LogP contribution in [0.1, 0.15) is 17.3 Å². The molecule has 1 aliphatic rings. The van der Waals surface area contributed by atoms with Gasteiger partial charge in [-0.15, -0.1) is 0 Å². The van der Waals surface area contributed by atoms with Crippen LogP contribution in [0.5, 0.6) is 5.75 Å². The van der Waals surface area contributed by atoms with Crippen LogP contribution in [0, 0.1) is 0 Å². The molecule has 0 saturated heterocycles. The fraction of sp³-hybridized carbons (Fsp3) is 0.190. The van der Waals surface area contributed by atoms with E-state index in [9.17, 15) is 0 Å². The lowest BCUT2D eigenvalue weighted by atomic mass is 10.00. The number of thiocarbonyl (C=S) groups is 1. The maximum Gasteiger partial charge on any atom is 0.174 e. The summed E-state index contributed by atoms with van der Waals surface area (Å²) in [4.78, 5) is 2.22. The van der Waals surface area contributed by atoms with Crippen LogP contribution < -0.4 is 10.1 Å². The molecule has 138 valence electrons. The Kier molecular flexibility index (Phi) is 5.05. The molecule has 4 rings (SSSR count). The van der Waals surface area contributed by atoms with E-state index in [2.05, 4.69) is 45.2 Å². The number of nitrogens with zero attached hydrogens (tertiary/aromatic N) is 2. The Morgan fingerprint density at radius 1 is 1.07 bits per heavy atom. The molecule has 2 heterocycles. The highest BCUT2D eigenvalue weighted by molar-refractivity contribution is 7.80. The Morgan fingerprint density at radius 2 is 1.85 bits per heavy atom. The van der Waals surface area contributed by atoms with Gasteiger partial charge in [-0.05, 0) is 54.2 Å². The zero-order valence-electron chi connectivity index (χ0n) is 14.9. The second-order valence-electron chi connectivity index (χ2n) is 6.41. The molecule has 2 aromatic carbocycles. The molecule has 1 aliphatic heterocycles. The summed E-state index contributed by atoms with van der Waals surface area (Å²) >= 11 is 12.1. The fourth-order valence-corrected chi connectivity index (χ4v) is 3.98. The molecule has 1 unspecified atom stereocenters. The van der Waals surface area contributed by atoms with Crippen LogP contribution in [0.15, 0.2) is 66.9 Å². The van der Waals surface area contributed by atoms with E-state index in [-0.39, 0.29) is 6.04 Å². The van der Waals surface area contributed by atoms with E-state index >= 15 is 0 Å². The van der Waals surface area contributed by atoms with Gasteiger partial charge in [0, 0.05) is 25.0 Å². The third kappa shape index (κ3) is 3.53. The van der Waals surface area contributed by atoms with Crippen molar-refractivity contribution in [1.82, 2.24) is 9.47 Å². The lowest BCUT2D eigenvalue weighted by Gasteiger charge is -2.39. The minimum Gasteiger partial charge on any atom is -0.497 e. The van der Waals surface area contributed by atoms with Crippen LogP contribution >= 0.6 is 23.8 Å². The van der Waals surface area contributed by atoms with Crippen molar-refractivity contribution < 1.29 is 4.74 Å². The zero-order chi connectivity index (χ0) is 18.8. The quantitative estimate of drug-likeness (QED) is 0.633. The molecule has 1 N–H and O–H groups in total. The number of halogens is 1. The molecular formula is C21H20ClN3OS. The maximum atomic E-state index is 6.30. The number of fused-ring (bicyclic) bond motifs is 1. The highest BCUT2D eigenvalue weighted by Gasteiger charge is 2.30. The van der Waals surface area contributed by atoms with Gasteiger partial charge in [0.2, 0.25) is 0 Å². The normalized spacial score (nSPS) is 15.9. The molecule has 1 aromatic heterocycles. The molecule has 27 heavy (non-hydrogen) atoms. The molecule has 0 bridgehead atoms. The predicted octanol–water partition coefficient (Wildman–Crippen LogP) is 4.95. The minimum absolute atomic E-state index is 0.0298. The Labute approximate surface area is 169 Å². The number of hydrogen-bond donors (Lipinski definition) is 1. The first-order chi connectivity index (χ1) is 13.2. The summed E-state index contributed by atoms with van der Waals surface area (Å²) in [6.45, 7) is 1.70. The van der Waals surface area contributed by atoms with Crippen molar-refractivity contribution in [3.63, 3.8) is 0 Å². The summed E-state index contributed by atoms with van der Waals surface area (Å²) in [6, 6.07) is 20.1. The van der Waals surface area contributed by atoms with Crippen molar-refractivity contribution in [2.24, 2.45) is 0 Å². The number of rotatable bonds is 3. The number of methoxy groups -OCH3 is 1. The van der Waals surface area contributed by atoms with Crippen molar-refractivity contribution >= 4 is 34.6 Å². The van der Waals surface area contributed by atoms with Crippen LogP contribution in [0.25, 0.3) is 0 Å². The predicted molar refractivity (Wildman–Crippen MR) is 114 cm³/mol. The standard InChI is InChI=1S/C21H20ClN3OS/c1-26-16-10-8-15(9-11-16)20-19-7-4-12-24(19)13-14-25(20)21(27)23-18-6-3-2-5-17(18)22/h2-12,20H,13-14H2,1H3,(H,23,27). The first-order valence-electron chi connectivity index (χ1n) is 8.78. The summed E-state index contributed by atoms with van der Waals surface area (Å²) in [7, 11) is 1.68. The lowest BCUT2D eigenvalue weighted by Crippen LogP contribution is -2.44. The van der Waals surface area contributed by atoms with Crippen LogP contribution in [0.4, 0.5) is 5.69 Å². The Bertz CT molecular complexity index is 954. The molecule has 4 nitrogen and oxygen atoms in total. The third-order valence-electron chi connectivity index (χ3n) is 4.85. The van der Waals surface area contributed by atoms with Crippen molar-refractivity contribution in [2.75, 3.05) is 19.0 Å². The van der Waals surface area contributed by atoms with Crippen molar-refractivity contribution in [3.05, 3.63) is 83.1 Å². The fourth-order valence-electron chi connectivity index (χ4n) is 3.49. The van der Waals surface area contributed by atoms with E-state index < -0.39 is 0 Å². The zero-order valence-corrected chi connectivity index (χ0v) is 16.5. The highest BCUT2D eigenvalue weighted by atomic mass is 35.5. The largest absolute Gasteiger partial charge is 0.497 e.